The second kappa shape index (κ2) is 4.86. The van der Waals surface area contributed by atoms with Crippen LogP contribution < -0.4 is 5.73 Å². The van der Waals surface area contributed by atoms with E-state index < -0.39 is 0 Å². The molecule has 2 rings (SSSR count). The molecule has 0 amide bonds. The molecule has 0 spiro atoms. The zero-order valence-electron chi connectivity index (χ0n) is 7.89. The molecule has 16 heavy (non-hydrogen) atoms. The Morgan fingerprint density at radius 1 is 1.25 bits per heavy atom. The highest BCUT2D eigenvalue weighted by Gasteiger charge is 2.08. The zero-order chi connectivity index (χ0) is 11.5. The third-order valence-electron chi connectivity index (χ3n) is 1.67. The van der Waals surface area contributed by atoms with Crippen molar-refractivity contribution in [1.82, 2.24) is 15.0 Å². The van der Waals surface area contributed by atoms with E-state index in [1.54, 1.807) is 12.3 Å². The molecule has 82 valence electrons. The van der Waals surface area contributed by atoms with Crippen molar-refractivity contribution < 1.29 is 0 Å². The van der Waals surface area contributed by atoms with Crippen molar-refractivity contribution in [2.75, 3.05) is 5.73 Å². The smallest absolute Gasteiger partial charge is 0.158 e. The lowest BCUT2D eigenvalue weighted by Crippen LogP contribution is -1.96. The normalized spacial score (nSPS) is 10.4. The number of rotatable bonds is 2. The molecule has 0 atom stereocenters. The fourth-order valence-electron chi connectivity index (χ4n) is 1.000. The highest BCUT2D eigenvalue weighted by molar-refractivity contribution is 7.99. The summed E-state index contributed by atoms with van der Waals surface area (Å²) in [5, 5.41) is 1.22. The molecular weight excluding hydrogens is 267 g/mol. The first kappa shape index (κ1) is 11.4. The van der Waals surface area contributed by atoms with E-state index in [0.29, 0.717) is 10.2 Å². The third kappa shape index (κ3) is 2.55. The van der Waals surface area contributed by atoms with Gasteiger partial charge in [-0.2, -0.15) is 0 Å². The molecule has 2 N–H and O–H groups in total. The largest absolute Gasteiger partial charge is 0.381 e. The molecule has 2 aromatic heterocycles. The van der Waals surface area contributed by atoms with Crippen LogP contribution >= 0.6 is 35.0 Å². The first-order valence-electron chi connectivity index (χ1n) is 4.23. The van der Waals surface area contributed by atoms with Crippen LogP contribution in [0.1, 0.15) is 0 Å². The average Bonchev–Trinajstić information content (AvgIpc) is 2.25. The second-order valence-electron chi connectivity index (χ2n) is 2.78. The Morgan fingerprint density at radius 2 is 2.06 bits per heavy atom. The summed E-state index contributed by atoms with van der Waals surface area (Å²) in [6.45, 7) is 0. The van der Waals surface area contributed by atoms with Crippen LogP contribution in [0.2, 0.25) is 10.3 Å². The second-order valence-corrected chi connectivity index (χ2v) is 4.55. The maximum Gasteiger partial charge on any atom is 0.158 e. The van der Waals surface area contributed by atoms with Gasteiger partial charge in [-0.05, 0) is 12.1 Å². The SMILES string of the molecule is Nc1nc(Cl)cnc1Sc1cccnc1Cl. The molecule has 0 radical (unpaired) electrons. The van der Waals surface area contributed by atoms with Gasteiger partial charge in [-0.25, -0.2) is 15.0 Å². The van der Waals surface area contributed by atoms with Gasteiger partial charge in [0, 0.05) is 6.20 Å². The molecular formula is C9H6Cl2N4S. The fraction of sp³-hybridized carbons (Fsp3) is 0. The van der Waals surface area contributed by atoms with Crippen LogP contribution in [0.15, 0.2) is 34.4 Å². The molecule has 2 heterocycles. The first-order chi connectivity index (χ1) is 7.66. The minimum atomic E-state index is 0.263. The summed E-state index contributed by atoms with van der Waals surface area (Å²) < 4.78 is 0. The number of hydrogen-bond acceptors (Lipinski definition) is 5. The van der Waals surface area contributed by atoms with E-state index in [0.717, 1.165) is 4.90 Å². The van der Waals surface area contributed by atoms with Crippen LogP contribution in [-0.2, 0) is 0 Å². The minimum Gasteiger partial charge on any atom is -0.381 e. The van der Waals surface area contributed by atoms with Crippen molar-refractivity contribution in [2.45, 2.75) is 9.92 Å². The van der Waals surface area contributed by atoms with Gasteiger partial charge in [-0.1, -0.05) is 35.0 Å². The van der Waals surface area contributed by atoms with Gasteiger partial charge in [0.05, 0.1) is 11.1 Å². The standard InChI is InChI=1S/C9H6Cl2N4S/c10-6-4-14-9(8(12)15-6)16-5-2-1-3-13-7(5)11/h1-4H,(H2,12,15). The number of pyridine rings is 1. The summed E-state index contributed by atoms with van der Waals surface area (Å²) in [4.78, 5) is 12.7. The molecule has 2 aromatic rings. The van der Waals surface area contributed by atoms with Crippen LogP contribution in [-0.4, -0.2) is 15.0 Å². The predicted octanol–water partition coefficient (Wildman–Crippen LogP) is 2.91. The van der Waals surface area contributed by atoms with Crippen LogP contribution in [0.4, 0.5) is 5.82 Å². The Bertz CT molecular complexity index is 521. The molecule has 0 aromatic carbocycles. The molecule has 0 aliphatic rings. The number of nitrogen functional groups attached to an aromatic ring is 1. The molecule has 0 saturated heterocycles. The average molecular weight is 273 g/mol. The van der Waals surface area contributed by atoms with Gasteiger partial charge in [-0.3, -0.25) is 0 Å². The quantitative estimate of drug-likeness (QED) is 0.852. The van der Waals surface area contributed by atoms with Crippen LogP contribution in [0.3, 0.4) is 0 Å². The van der Waals surface area contributed by atoms with E-state index in [2.05, 4.69) is 15.0 Å². The van der Waals surface area contributed by atoms with Gasteiger partial charge in [0.25, 0.3) is 0 Å². The molecule has 0 saturated carbocycles. The van der Waals surface area contributed by atoms with E-state index >= 15 is 0 Å². The molecule has 4 nitrogen and oxygen atoms in total. The number of anilines is 1. The van der Waals surface area contributed by atoms with E-state index in [4.69, 9.17) is 28.9 Å². The molecule has 0 bridgehead atoms. The fourth-order valence-corrected chi connectivity index (χ4v) is 2.12. The molecule has 0 unspecified atom stereocenters. The van der Waals surface area contributed by atoms with Gasteiger partial charge < -0.3 is 5.73 Å². The van der Waals surface area contributed by atoms with Crippen molar-refractivity contribution in [1.29, 1.82) is 0 Å². The lowest BCUT2D eigenvalue weighted by molar-refractivity contribution is 1.07. The maximum absolute atomic E-state index is 5.91. The van der Waals surface area contributed by atoms with Gasteiger partial charge in [0.15, 0.2) is 5.82 Å². The zero-order valence-corrected chi connectivity index (χ0v) is 10.2. The molecule has 0 aliphatic heterocycles. The highest BCUT2D eigenvalue weighted by Crippen LogP contribution is 2.33. The number of hydrogen-bond donors (Lipinski definition) is 1. The maximum atomic E-state index is 5.91. The summed E-state index contributed by atoms with van der Waals surface area (Å²) in [5.41, 5.74) is 5.68. The Labute approximate surface area is 106 Å². The van der Waals surface area contributed by atoms with Gasteiger partial charge in [-0.15, -0.1) is 0 Å². The lowest BCUT2D eigenvalue weighted by Gasteiger charge is -2.04. The summed E-state index contributed by atoms with van der Waals surface area (Å²) in [5.74, 6) is 0.275. The van der Waals surface area contributed by atoms with E-state index in [1.165, 1.54) is 18.0 Å². The van der Waals surface area contributed by atoms with Crippen molar-refractivity contribution in [3.8, 4) is 0 Å². The topological polar surface area (TPSA) is 64.7 Å². The molecule has 7 heteroatoms. The number of halogens is 2. The molecule has 0 aliphatic carbocycles. The van der Waals surface area contributed by atoms with Crippen molar-refractivity contribution in [2.24, 2.45) is 0 Å². The molecule has 0 fully saturated rings. The van der Waals surface area contributed by atoms with E-state index in [-0.39, 0.29) is 11.0 Å². The minimum absolute atomic E-state index is 0.263. The summed E-state index contributed by atoms with van der Waals surface area (Å²) in [7, 11) is 0. The number of nitrogens with zero attached hydrogens (tertiary/aromatic N) is 3. The summed E-state index contributed by atoms with van der Waals surface area (Å²) in [6.07, 6.45) is 3.05. The number of aromatic nitrogens is 3. The van der Waals surface area contributed by atoms with Gasteiger partial charge in [0.2, 0.25) is 0 Å². The van der Waals surface area contributed by atoms with Crippen molar-refractivity contribution >= 4 is 40.8 Å². The summed E-state index contributed by atoms with van der Waals surface area (Å²) >= 11 is 12.9. The van der Waals surface area contributed by atoms with Gasteiger partial charge in [0.1, 0.15) is 15.3 Å². The van der Waals surface area contributed by atoms with Crippen molar-refractivity contribution in [3.63, 3.8) is 0 Å². The monoisotopic (exact) mass is 272 g/mol. The first-order valence-corrected chi connectivity index (χ1v) is 5.80. The highest BCUT2D eigenvalue weighted by atomic mass is 35.5. The van der Waals surface area contributed by atoms with E-state index in [9.17, 15) is 0 Å². The van der Waals surface area contributed by atoms with Gasteiger partial charge >= 0.3 is 0 Å². The van der Waals surface area contributed by atoms with Crippen LogP contribution in [0.25, 0.3) is 0 Å². The summed E-state index contributed by atoms with van der Waals surface area (Å²) in [6, 6.07) is 3.61. The lowest BCUT2D eigenvalue weighted by atomic mass is 10.5. The van der Waals surface area contributed by atoms with Crippen LogP contribution in [0, 0.1) is 0 Å². The Morgan fingerprint density at radius 3 is 2.75 bits per heavy atom. The number of nitrogens with two attached hydrogens (primary N) is 1. The van der Waals surface area contributed by atoms with E-state index in [1.807, 2.05) is 6.07 Å². The Hall–Kier alpha value is -1.04. The Balaban J connectivity index is 2.31. The Kier molecular flexibility index (Phi) is 3.48. The third-order valence-corrected chi connectivity index (χ3v) is 3.32. The van der Waals surface area contributed by atoms with Crippen molar-refractivity contribution in [3.05, 3.63) is 34.8 Å². The predicted molar refractivity (Wildman–Crippen MR) is 64.8 cm³/mol. The van der Waals surface area contributed by atoms with Crippen LogP contribution in [0.5, 0.6) is 0 Å².